The largest absolute Gasteiger partial charge is 0.342 e. The summed E-state index contributed by atoms with van der Waals surface area (Å²) in [6.45, 7) is 2.14. The van der Waals surface area contributed by atoms with Gasteiger partial charge in [-0.15, -0.1) is 0 Å². The molecule has 0 spiro atoms. The summed E-state index contributed by atoms with van der Waals surface area (Å²) in [6.07, 6.45) is 3.12. The Labute approximate surface area is 170 Å². The molecule has 7 heteroatoms. The van der Waals surface area contributed by atoms with E-state index in [2.05, 4.69) is 35.1 Å². The third-order valence-corrected chi connectivity index (χ3v) is 6.06. The van der Waals surface area contributed by atoms with Crippen molar-refractivity contribution in [3.8, 4) is 0 Å². The van der Waals surface area contributed by atoms with Crippen molar-refractivity contribution in [3.63, 3.8) is 0 Å². The molecule has 2 saturated heterocycles. The van der Waals surface area contributed by atoms with E-state index < -0.39 is 4.92 Å². The Morgan fingerprint density at radius 2 is 1.76 bits per heavy atom. The van der Waals surface area contributed by atoms with Gasteiger partial charge in [0, 0.05) is 31.8 Å². The highest BCUT2D eigenvalue weighted by atomic mass is 16.6. The molecule has 2 fully saturated rings. The molecule has 2 aromatic carbocycles. The number of carbonyl (C=O) groups is 1. The van der Waals surface area contributed by atoms with E-state index in [1.165, 1.54) is 17.7 Å². The summed E-state index contributed by atoms with van der Waals surface area (Å²) in [5.41, 5.74) is 8.56. The topological polar surface area (TPSA) is 87.5 Å². The summed E-state index contributed by atoms with van der Waals surface area (Å²) < 4.78 is 0. The molecule has 2 atom stereocenters. The minimum Gasteiger partial charge on any atom is -0.342 e. The van der Waals surface area contributed by atoms with E-state index in [0.29, 0.717) is 12.5 Å². The lowest BCUT2D eigenvalue weighted by atomic mass is 9.88. The Balaban J connectivity index is 1.36. The monoisotopic (exact) mass is 394 g/mol. The molecule has 2 heterocycles. The number of rotatable bonds is 5. The van der Waals surface area contributed by atoms with E-state index in [1.807, 2.05) is 11.0 Å². The molecule has 0 bridgehead atoms. The van der Waals surface area contributed by atoms with Crippen molar-refractivity contribution in [3.05, 3.63) is 75.8 Å². The summed E-state index contributed by atoms with van der Waals surface area (Å²) >= 11 is 0. The van der Waals surface area contributed by atoms with Gasteiger partial charge >= 0.3 is 0 Å². The van der Waals surface area contributed by atoms with Gasteiger partial charge in [0.05, 0.1) is 16.9 Å². The highest BCUT2D eigenvalue weighted by Gasteiger charge is 2.37. The number of nitrogens with zero attached hydrogens (tertiary/aromatic N) is 2. The number of hydrazine groups is 1. The van der Waals surface area contributed by atoms with Gasteiger partial charge in [0.1, 0.15) is 0 Å². The predicted molar refractivity (Wildman–Crippen MR) is 110 cm³/mol. The molecule has 152 valence electrons. The molecule has 2 unspecified atom stereocenters. The van der Waals surface area contributed by atoms with E-state index in [0.717, 1.165) is 37.9 Å². The minimum absolute atomic E-state index is 0.0584. The van der Waals surface area contributed by atoms with Gasteiger partial charge in [0.2, 0.25) is 5.91 Å². The van der Waals surface area contributed by atoms with Crippen molar-refractivity contribution < 1.29 is 9.72 Å². The zero-order valence-corrected chi connectivity index (χ0v) is 16.3. The zero-order valence-electron chi connectivity index (χ0n) is 16.3. The number of nitro groups is 1. The molecule has 0 aliphatic carbocycles. The van der Waals surface area contributed by atoms with Crippen LogP contribution in [-0.4, -0.2) is 35.4 Å². The summed E-state index contributed by atoms with van der Waals surface area (Å²) in [4.78, 5) is 25.6. The number of nitrogens with one attached hydrogen (secondary N) is 2. The molecule has 2 aliphatic rings. The second kappa shape index (κ2) is 8.71. The predicted octanol–water partition coefficient (Wildman–Crippen LogP) is 2.84. The first-order valence-corrected chi connectivity index (χ1v) is 10.2. The van der Waals surface area contributed by atoms with Crippen molar-refractivity contribution in [1.29, 1.82) is 0 Å². The van der Waals surface area contributed by atoms with Gasteiger partial charge in [0.25, 0.3) is 5.69 Å². The minimum atomic E-state index is -0.410. The highest BCUT2D eigenvalue weighted by Crippen LogP contribution is 2.30. The maximum Gasteiger partial charge on any atom is 0.269 e. The molecular weight excluding hydrogens is 368 g/mol. The average molecular weight is 394 g/mol. The molecule has 1 amide bonds. The lowest BCUT2D eigenvalue weighted by Crippen LogP contribution is -2.44. The average Bonchev–Trinajstić information content (AvgIpc) is 3.24. The molecule has 0 saturated carbocycles. The van der Waals surface area contributed by atoms with Crippen LogP contribution in [0.25, 0.3) is 0 Å². The molecule has 2 aromatic rings. The molecule has 0 radical (unpaired) electrons. The third-order valence-electron chi connectivity index (χ3n) is 6.06. The van der Waals surface area contributed by atoms with Crippen LogP contribution in [0.15, 0.2) is 54.6 Å². The van der Waals surface area contributed by atoms with Gasteiger partial charge in [-0.3, -0.25) is 20.3 Å². The molecule has 4 rings (SSSR count). The van der Waals surface area contributed by atoms with Crippen molar-refractivity contribution in [1.82, 2.24) is 15.8 Å². The molecular formula is C22H26N4O3. The van der Waals surface area contributed by atoms with Crippen LogP contribution in [-0.2, 0) is 11.2 Å². The van der Waals surface area contributed by atoms with Crippen LogP contribution >= 0.6 is 0 Å². The Morgan fingerprint density at radius 1 is 1.07 bits per heavy atom. The van der Waals surface area contributed by atoms with E-state index in [1.54, 1.807) is 12.1 Å². The number of carbonyl (C=O) groups excluding carboxylic acids is 1. The number of benzene rings is 2. The Morgan fingerprint density at radius 3 is 2.41 bits per heavy atom. The Kier molecular flexibility index (Phi) is 5.87. The summed E-state index contributed by atoms with van der Waals surface area (Å²) in [5, 5.41) is 10.9. The normalized spacial score (nSPS) is 22.6. The first-order valence-electron chi connectivity index (χ1n) is 10.2. The number of hydrogen-bond acceptors (Lipinski definition) is 5. The standard InChI is InChI=1S/C22H26N4O3/c27-22(25-12-10-17(11-13-25)14-16-4-2-1-3-5-16)20-15-23-24-21(20)18-6-8-19(9-7-18)26(28)29/h1-9,17,20-21,23-24H,10-15H2. The summed E-state index contributed by atoms with van der Waals surface area (Å²) in [7, 11) is 0. The van der Waals surface area contributed by atoms with Crippen molar-refractivity contribution in [2.24, 2.45) is 11.8 Å². The zero-order chi connectivity index (χ0) is 20.2. The van der Waals surface area contributed by atoms with Crippen LogP contribution in [0.4, 0.5) is 5.69 Å². The van der Waals surface area contributed by atoms with Crippen molar-refractivity contribution >= 4 is 11.6 Å². The van der Waals surface area contributed by atoms with Gasteiger partial charge in [-0.1, -0.05) is 42.5 Å². The van der Waals surface area contributed by atoms with Crippen LogP contribution in [0.1, 0.15) is 30.0 Å². The van der Waals surface area contributed by atoms with E-state index in [-0.39, 0.29) is 23.6 Å². The van der Waals surface area contributed by atoms with Crippen molar-refractivity contribution in [2.75, 3.05) is 19.6 Å². The van der Waals surface area contributed by atoms with E-state index >= 15 is 0 Å². The quantitative estimate of drug-likeness (QED) is 0.601. The number of non-ortho nitro benzene ring substituents is 1. The van der Waals surface area contributed by atoms with Crippen LogP contribution in [0.3, 0.4) is 0 Å². The number of hydrogen-bond donors (Lipinski definition) is 2. The first-order chi connectivity index (χ1) is 14.1. The number of nitro benzene ring substituents is 1. The second-order valence-corrected chi connectivity index (χ2v) is 7.92. The lowest BCUT2D eigenvalue weighted by molar-refractivity contribution is -0.384. The smallest absolute Gasteiger partial charge is 0.269 e. The SMILES string of the molecule is O=C(C1CNNC1c1ccc([N+](=O)[O-])cc1)N1CCC(Cc2ccccc2)CC1. The van der Waals surface area contributed by atoms with Crippen LogP contribution in [0.2, 0.25) is 0 Å². The fourth-order valence-electron chi connectivity index (χ4n) is 4.39. The number of likely N-dealkylation sites (tertiary alicyclic amines) is 1. The van der Waals surface area contributed by atoms with Gasteiger partial charge < -0.3 is 4.90 Å². The molecule has 2 aliphatic heterocycles. The molecule has 29 heavy (non-hydrogen) atoms. The lowest BCUT2D eigenvalue weighted by Gasteiger charge is -2.34. The van der Waals surface area contributed by atoms with E-state index in [4.69, 9.17) is 0 Å². The van der Waals surface area contributed by atoms with Gasteiger partial charge in [0.15, 0.2) is 0 Å². The fourth-order valence-corrected chi connectivity index (χ4v) is 4.39. The molecule has 2 N–H and O–H groups in total. The highest BCUT2D eigenvalue weighted by molar-refractivity contribution is 5.80. The maximum absolute atomic E-state index is 13.2. The third kappa shape index (κ3) is 4.46. The molecule has 0 aromatic heterocycles. The van der Waals surface area contributed by atoms with Gasteiger partial charge in [-0.25, -0.2) is 5.43 Å². The number of piperidine rings is 1. The van der Waals surface area contributed by atoms with E-state index in [9.17, 15) is 14.9 Å². The van der Waals surface area contributed by atoms with Crippen LogP contribution in [0.5, 0.6) is 0 Å². The van der Waals surface area contributed by atoms with Gasteiger partial charge in [-0.05, 0) is 36.3 Å². The Bertz CT molecular complexity index is 848. The summed E-state index contributed by atoms with van der Waals surface area (Å²) in [6, 6.07) is 16.8. The molecule has 7 nitrogen and oxygen atoms in total. The van der Waals surface area contributed by atoms with Crippen molar-refractivity contribution in [2.45, 2.75) is 25.3 Å². The second-order valence-electron chi connectivity index (χ2n) is 7.92. The number of amides is 1. The van der Waals surface area contributed by atoms with Gasteiger partial charge in [-0.2, -0.15) is 0 Å². The Hall–Kier alpha value is -2.77. The maximum atomic E-state index is 13.2. The van der Waals surface area contributed by atoms with Crippen LogP contribution < -0.4 is 10.9 Å². The fraction of sp³-hybridized carbons (Fsp3) is 0.409. The summed E-state index contributed by atoms with van der Waals surface area (Å²) in [5.74, 6) is 0.567. The van der Waals surface area contributed by atoms with Crippen LogP contribution in [0, 0.1) is 22.0 Å². The first kappa shape index (κ1) is 19.5.